The first kappa shape index (κ1) is 15.4. The summed E-state index contributed by atoms with van der Waals surface area (Å²) < 4.78 is 54.2. The molecule has 1 atom stereocenters. The van der Waals surface area contributed by atoms with E-state index in [1.165, 1.54) is 10.9 Å². The van der Waals surface area contributed by atoms with Crippen LogP contribution in [-0.2, 0) is 13.2 Å². The molecule has 1 aromatic carbocycles. The van der Waals surface area contributed by atoms with E-state index in [1.54, 1.807) is 14.0 Å². The van der Waals surface area contributed by atoms with Gasteiger partial charge in [0.25, 0.3) is 0 Å². The molecule has 1 N–H and O–H groups in total. The van der Waals surface area contributed by atoms with Crippen molar-refractivity contribution in [3.63, 3.8) is 0 Å². The molecular weight excluding hydrogens is 288 g/mol. The monoisotopic (exact) mass is 302 g/mol. The quantitative estimate of drug-likeness (QED) is 0.883. The highest BCUT2D eigenvalue weighted by atomic mass is 19.4. The molecule has 21 heavy (non-hydrogen) atoms. The first-order chi connectivity index (χ1) is 9.84. The molecule has 0 aliphatic heterocycles. The average molecular weight is 302 g/mol. The molecule has 1 heterocycles. The molecule has 0 aliphatic carbocycles. The highest BCUT2D eigenvalue weighted by Crippen LogP contribution is 2.36. The van der Waals surface area contributed by atoms with Crippen molar-refractivity contribution in [1.29, 1.82) is 0 Å². The summed E-state index contributed by atoms with van der Waals surface area (Å²) in [5.41, 5.74) is -0.640. The molecule has 8 heteroatoms. The van der Waals surface area contributed by atoms with Crippen LogP contribution in [0.4, 0.5) is 17.6 Å². The highest BCUT2D eigenvalue weighted by Gasteiger charge is 2.36. The molecule has 2 aromatic rings. The number of aromatic nitrogens is 3. The summed E-state index contributed by atoms with van der Waals surface area (Å²) in [4.78, 5) is 0. The lowest BCUT2D eigenvalue weighted by Gasteiger charge is -2.22. The van der Waals surface area contributed by atoms with Crippen molar-refractivity contribution < 1.29 is 17.6 Å². The fourth-order valence-electron chi connectivity index (χ4n) is 2.17. The van der Waals surface area contributed by atoms with Crippen LogP contribution < -0.4 is 5.32 Å². The number of nitrogens with zero attached hydrogens (tertiary/aromatic N) is 3. The van der Waals surface area contributed by atoms with Crippen molar-refractivity contribution >= 4 is 0 Å². The number of hydrogen-bond acceptors (Lipinski definition) is 3. The molecule has 0 bridgehead atoms. The van der Waals surface area contributed by atoms with Crippen LogP contribution in [0, 0.1) is 5.82 Å². The number of aryl methyl sites for hydroxylation is 1. The Kier molecular flexibility index (Phi) is 4.26. The molecule has 0 fully saturated rings. The second-order valence-corrected chi connectivity index (χ2v) is 4.50. The zero-order valence-electron chi connectivity index (χ0n) is 11.4. The highest BCUT2D eigenvalue weighted by molar-refractivity contribution is 5.37. The van der Waals surface area contributed by atoms with Crippen molar-refractivity contribution in [3.8, 4) is 0 Å². The van der Waals surface area contributed by atoms with Crippen LogP contribution >= 0.6 is 0 Å². The Morgan fingerprint density at radius 2 is 2.05 bits per heavy atom. The van der Waals surface area contributed by atoms with Gasteiger partial charge in [0.05, 0.1) is 23.5 Å². The van der Waals surface area contributed by atoms with Gasteiger partial charge in [0.15, 0.2) is 0 Å². The van der Waals surface area contributed by atoms with E-state index in [9.17, 15) is 17.6 Å². The Morgan fingerprint density at radius 3 is 2.57 bits per heavy atom. The molecular formula is C13H14F4N4. The number of alkyl halides is 3. The zero-order chi connectivity index (χ0) is 15.6. The van der Waals surface area contributed by atoms with Gasteiger partial charge in [0.2, 0.25) is 0 Å². The summed E-state index contributed by atoms with van der Waals surface area (Å²) in [7, 11) is 1.57. The van der Waals surface area contributed by atoms with Crippen molar-refractivity contribution in [1.82, 2.24) is 20.3 Å². The van der Waals surface area contributed by atoms with E-state index in [0.717, 1.165) is 18.2 Å². The smallest absolute Gasteiger partial charge is 0.305 e. The van der Waals surface area contributed by atoms with Crippen LogP contribution in [0.15, 0.2) is 24.4 Å². The Labute approximate surface area is 118 Å². The fraction of sp³-hybridized carbons (Fsp3) is 0.385. The average Bonchev–Trinajstić information content (AvgIpc) is 2.80. The van der Waals surface area contributed by atoms with Crippen molar-refractivity contribution in [2.45, 2.75) is 19.1 Å². The van der Waals surface area contributed by atoms with Crippen LogP contribution in [-0.4, -0.2) is 21.5 Å². The maximum atomic E-state index is 13.4. The second-order valence-electron chi connectivity index (χ2n) is 4.50. The summed E-state index contributed by atoms with van der Waals surface area (Å²) >= 11 is 0. The third kappa shape index (κ3) is 3.21. The lowest BCUT2D eigenvalue weighted by Crippen LogP contribution is -2.27. The third-order valence-electron chi connectivity index (χ3n) is 3.08. The molecule has 0 amide bonds. The van der Waals surface area contributed by atoms with Gasteiger partial charge in [-0.3, -0.25) is 4.68 Å². The summed E-state index contributed by atoms with van der Waals surface area (Å²) in [6.45, 7) is 2.16. The summed E-state index contributed by atoms with van der Waals surface area (Å²) in [5.74, 6) is -0.726. The van der Waals surface area contributed by atoms with Gasteiger partial charge in [0, 0.05) is 7.05 Å². The Balaban J connectivity index is 2.60. The summed E-state index contributed by atoms with van der Waals surface area (Å²) in [6, 6.07) is 1.60. The maximum absolute atomic E-state index is 13.4. The Hall–Kier alpha value is -1.96. The van der Waals surface area contributed by atoms with Gasteiger partial charge in [0.1, 0.15) is 5.82 Å². The van der Waals surface area contributed by atoms with Gasteiger partial charge in [-0.2, -0.15) is 13.2 Å². The topological polar surface area (TPSA) is 42.7 Å². The number of rotatable bonds is 4. The van der Waals surface area contributed by atoms with E-state index in [1.807, 2.05) is 0 Å². The summed E-state index contributed by atoms with van der Waals surface area (Å²) in [6.07, 6.45) is -3.21. The second kappa shape index (κ2) is 5.80. The lowest BCUT2D eigenvalue weighted by molar-refractivity contribution is -0.138. The maximum Gasteiger partial charge on any atom is 0.416 e. The third-order valence-corrected chi connectivity index (χ3v) is 3.08. The van der Waals surface area contributed by atoms with E-state index < -0.39 is 23.6 Å². The summed E-state index contributed by atoms with van der Waals surface area (Å²) in [5, 5.41) is 10.3. The van der Waals surface area contributed by atoms with Crippen LogP contribution in [0.1, 0.15) is 29.8 Å². The Morgan fingerprint density at radius 1 is 1.33 bits per heavy atom. The van der Waals surface area contributed by atoms with Crippen molar-refractivity contribution in [3.05, 3.63) is 47.0 Å². The molecule has 1 aromatic heterocycles. The van der Waals surface area contributed by atoms with Gasteiger partial charge in [-0.1, -0.05) is 12.1 Å². The number of halogens is 4. The number of hydrogen-bond donors (Lipinski definition) is 1. The SMILES string of the molecule is CCNC(c1cc(F)ccc1C(F)(F)F)c1cnnn1C. The van der Waals surface area contributed by atoms with Crippen LogP contribution in [0.5, 0.6) is 0 Å². The van der Waals surface area contributed by atoms with Crippen LogP contribution in [0.3, 0.4) is 0 Å². The molecule has 114 valence electrons. The minimum atomic E-state index is -4.57. The van der Waals surface area contributed by atoms with E-state index >= 15 is 0 Å². The number of benzene rings is 1. The molecule has 1 unspecified atom stereocenters. The first-order valence-corrected chi connectivity index (χ1v) is 6.29. The minimum Gasteiger partial charge on any atom is -0.305 e. The molecule has 0 saturated heterocycles. The van der Waals surface area contributed by atoms with Crippen LogP contribution in [0.2, 0.25) is 0 Å². The normalized spacial score (nSPS) is 13.4. The first-order valence-electron chi connectivity index (χ1n) is 6.29. The molecule has 0 aliphatic rings. The van der Waals surface area contributed by atoms with Gasteiger partial charge in [-0.15, -0.1) is 5.10 Å². The minimum absolute atomic E-state index is 0.185. The zero-order valence-corrected chi connectivity index (χ0v) is 11.4. The van der Waals surface area contributed by atoms with Crippen molar-refractivity contribution in [2.24, 2.45) is 7.05 Å². The predicted molar refractivity (Wildman–Crippen MR) is 67.9 cm³/mol. The van der Waals surface area contributed by atoms with E-state index in [-0.39, 0.29) is 5.56 Å². The largest absolute Gasteiger partial charge is 0.416 e. The van der Waals surface area contributed by atoms with Gasteiger partial charge >= 0.3 is 6.18 Å². The molecule has 4 nitrogen and oxygen atoms in total. The molecule has 0 spiro atoms. The standard InChI is InChI=1S/C13H14F4N4/c1-3-18-12(11-7-19-20-21(11)2)9-6-8(14)4-5-10(9)13(15,16)17/h4-7,12,18H,3H2,1-2H3. The molecule has 2 rings (SSSR count). The van der Waals surface area contributed by atoms with Gasteiger partial charge in [-0.05, 0) is 30.3 Å². The van der Waals surface area contributed by atoms with Crippen molar-refractivity contribution in [2.75, 3.05) is 6.54 Å². The fourth-order valence-corrected chi connectivity index (χ4v) is 2.17. The van der Waals surface area contributed by atoms with Gasteiger partial charge in [-0.25, -0.2) is 4.39 Å². The molecule has 0 saturated carbocycles. The predicted octanol–water partition coefficient (Wildman–Crippen LogP) is 2.67. The lowest BCUT2D eigenvalue weighted by atomic mass is 9.97. The number of nitrogens with one attached hydrogen (secondary N) is 1. The van der Waals surface area contributed by atoms with Gasteiger partial charge < -0.3 is 5.32 Å². The van der Waals surface area contributed by atoms with E-state index in [0.29, 0.717) is 12.2 Å². The van der Waals surface area contributed by atoms with E-state index in [4.69, 9.17) is 0 Å². The van der Waals surface area contributed by atoms with E-state index in [2.05, 4.69) is 15.6 Å². The Bertz CT molecular complexity index is 621. The van der Waals surface area contributed by atoms with Crippen LogP contribution in [0.25, 0.3) is 0 Å². The molecule has 0 radical (unpaired) electrons.